The van der Waals surface area contributed by atoms with Crippen LogP contribution in [0.25, 0.3) is 11.0 Å². The smallest absolute Gasteiger partial charge is 0.230 e. The van der Waals surface area contributed by atoms with Gasteiger partial charge in [0.2, 0.25) is 5.78 Å². The van der Waals surface area contributed by atoms with Crippen LogP contribution in [0.15, 0.2) is 81.7 Å². The Kier molecular flexibility index (Phi) is 4.82. The van der Waals surface area contributed by atoms with Crippen LogP contribution in [0, 0.1) is 6.92 Å². The van der Waals surface area contributed by atoms with Gasteiger partial charge in [0, 0.05) is 22.0 Å². The number of hydrogen-bond acceptors (Lipinski definition) is 3. The molecule has 0 aliphatic carbocycles. The molecule has 4 rings (SSSR count). The first kappa shape index (κ1) is 17.6. The maximum Gasteiger partial charge on any atom is 0.230 e. The lowest BCUT2D eigenvalue weighted by Crippen LogP contribution is -2.07. The number of carbonyl (C=O) groups is 1. The Morgan fingerprint density at radius 1 is 0.963 bits per heavy atom. The monoisotopic (exact) mass is 419 g/mol. The second-order valence-electron chi connectivity index (χ2n) is 6.42. The van der Waals surface area contributed by atoms with E-state index in [0.717, 1.165) is 15.5 Å². The number of hydrogen-bond donors (Lipinski definition) is 1. The molecule has 0 spiro atoms. The van der Waals surface area contributed by atoms with Crippen LogP contribution < -0.4 is 5.32 Å². The minimum atomic E-state index is -0.133. The van der Waals surface area contributed by atoms with Crippen molar-refractivity contribution in [2.24, 2.45) is 0 Å². The summed E-state index contributed by atoms with van der Waals surface area (Å²) in [5.41, 5.74) is 4.42. The van der Waals surface area contributed by atoms with Crippen molar-refractivity contribution in [1.82, 2.24) is 0 Å². The number of carbonyl (C=O) groups excluding carboxylic acids is 1. The van der Waals surface area contributed by atoms with Gasteiger partial charge in [-0.25, -0.2) is 0 Å². The van der Waals surface area contributed by atoms with Crippen LogP contribution in [0.4, 0.5) is 5.69 Å². The van der Waals surface area contributed by atoms with Gasteiger partial charge in [0.1, 0.15) is 5.58 Å². The van der Waals surface area contributed by atoms with Crippen LogP contribution in [0.1, 0.15) is 27.2 Å². The molecule has 134 valence electrons. The number of furan rings is 1. The van der Waals surface area contributed by atoms with Gasteiger partial charge in [-0.15, -0.1) is 0 Å². The average molecular weight is 420 g/mol. The normalized spacial score (nSPS) is 10.9. The quantitative estimate of drug-likeness (QED) is 0.383. The maximum absolute atomic E-state index is 13.1. The highest BCUT2D eigenvalue weighted by Crippen LogP contribution is 2.33. The van der Waals surface area contributed by atoms with E-state index in [4.69, 9.17) is 4.42 Å². The van der Waals surface area contributed by atoms with Gasteiger partial charge in [0.25, 0.3) is 0 Å². The molecule has 4 aromatic rings. The van der Waals surface area contributed by atoms with Crippen molar-refractivity contribution >= 4 is 38.4 Å². The molecule has 0 unspecified atom stereocenters. The predicted octanol–water partition coefficient (Wildman–Crippen LogP) is 6.35. The molecule has 0 saturated carbocycles. The van der Waals surface area contributed by atoms with Crippen LogP contribution in [0.3, 0.4) is 0 Å². The van der Waals surface area contributed by atoms with E-state index in [9.17, 15) is 4.79 Å². The van der Waals surface area contributed by atoms with Crippen molar-refractivity contribution in [3.8, 4) is 0 Å². The molecule has 0 aliphatic rings. The zero-order valence-corrected chi connectivity index (χ0v) is 16.4. The molecule has 1 N–H and O–H groups in total. The average Bonchev–Trinajstić information content (AvgIpc) is 3.06. The first-order chi connectivity index (χ1) is 13.1. The number of rotatable bonds is 5. The van der Waals surface area contributed by atoms with Crippen molar-refractivity contribution in [3.05, 3.63) is 99.7 Å². The third-order valence-electron chi connectivity index (χ3n) is 4.62. The zero-order chi connectivity index (χ0) is 18.8. The Morgan fingerprint density at radius 2 is 1.67 bits per heavy atom. The Hall–Kier alpha value is -2.85. The Bertz CT molecular complexity index is 1110. The van der Waals surface area contributed by atoms with E-state index < -0.39 is 0 Å². The molecule has 0 fully saturated rings. The molecular weight excluding hydrogens is 402 g/mol. The van der Waals surface area contributed by atoms with Gasteiger partial charge in [0.05, 0.1) is 5.69 Å². The third kappa shape index (κ3) is 3.53. The highest BCUT2D eigenvalue weighted by molar-refractivity contribution is 9.10. The zero-order valence-electron chi connectivity index (χ0n) is 14.8. The second kappa shape index (κ2) is 7.41. The van der Waals surface area contributed by atoms with E-state index in [1.807, 2.05) is 48.5 Å². The molecular formula is C23H18BrNO2. The number of benzene rings is 3. The number of nitrogens with one attached hydrogen (secondary N) is 1. The van der Waals surface area contributed by atoms with Crippen LogP contribution >= 0.6 is 15.9 Å². The van der Waals surface area contributed by atoms with Gasteiger partial charge in [-0.3, -0.25) is 4.79 Å². The molecule has 3 nitrogen and oxygen atoms in total. The molecule has 3 aromatic carbocycles. The lowest BCUT2D eigenvalue weighted by Gasteiger charge is -2.09. The van der Waals surface area contributed by atoms with Crippen molar-refractivity contribution < 1.29 is 9.21 Å². The molecule has 1 heterocycles. The molecule has 27 heavy (non-hydrogen) atoms. The molecule has 0 aliphatic heterocycles. The molecule has 0 amide bonds. The van der Waals surface area contributed by atoms with E-state index in [2.05, 4.69) is 40.3 Å². The summed E-state index contributed by atoms with van der Waals surface area (Å²) in [6, 6.07) is 23.2. The van der Waals surface area contributed by atoms with Crippen molar-refractivity contribution in [2.75, 3.05) is 5.32 Å². The fourth-order valence-electron chi connectivity index (χ4n) is 3.11. The number of fused-ring (bicyclic) bond motifs is 1. The second-order valence-corrected chi connectivity index (χ2v) is 7.33. The highest BCUT2D eigenvalue weighted by atomic mass is 79.9. The summed E-state index contributed by atoms with van der Waals surface area (Å²) in [6.07, 6.45) is 0. The number of ketones is 1. The van der Waals surface area contributed by atoms with Gasteiger partial charge < -0.3 is 9.73 Å². The fraction of sp³-hybridized carbons (Fsp3) is 0.0870. The van der Waals surface area contributed by atoms with Crippen molar-refractivity contribution in [1.29, 1.82) is 0 Å². The summed E-state index contributed by atoms with van der Waals surface area (Å²) in [5, 5.41) is 4.34. The van der Waals surface area contributed by atoms with Gasteiger partial charge >= 0.3 is 0 Å². The summed E-state index contributed by atoms with van der Waals surface area (Å²) >= 11 is 3.40. The number of anilines is 1. The molecule has 1 aromatic heterocycles. The largest absolute Gasteiger partial charge is 0.450 e. The maximum atomic E-state index is 13.1. The SMILES string of the molecule is Cc1ccccc1CNc1c(C(=O)c2ccc(Br)cc2)oc2ccccc12. The number of aryl methyl sites for hydroxylation is 1. The van der Waals surface area contributed by atoms with Crippen molar-refractivity contribution in [3.63, 3.8) is 0 Å². The van der Waals surface area contributed by atoms with Gasteiger partial charge in [-0.1, -0.05) is 52.3 Å². The standard InChI is InChI=1S/C23H18BrNO2/c1-15-6-2-3-7-17(15)14-25-21-19-8-4-5-9-20(19)27-23(21)22(26)16-10-12-18(24)13-11-16/h2-13,25H,14H2,1H3. The topological polar surface area (TPSA) is 42.2 Å². The summed E-state index contributed by atoms with van der Waals surface area (Å²) in [4.78, 5) is 13.1. The summed E-state index contributed by atoms with van der Waals surface area (Å²) in [7, 11) is 0. The molecule has 0 bridgehead atoms. The van der Waals surface area contributed by atoms with E-state index in [0.29, 0.717) is 23.5 Å². The summed E-state index contributed by atoms with van der Waals surface area (Å²) < 4.78 is 6.87. The van der Waals surface area contributed by atoms with Crippen LogP contribution in [0.2, 0.25) is 0 Å². The van der Waals surface area contributed by atoms with Crippen molar-refractivity contribution in [2.45, 2.75) is 13.5 Å². The van der Waals surface area contributed by atoms with Gasteiger partial charge in [-0.2, -0.15) is 0 Å². The minimum Gasteiger partial charge on any atom is -0.450 e. The van der Waals surface area contributed by atoms with Gasteiger partial charge in [-0.05, 0) is 54.4 Å². The highest BCUT2D eigenvalue weighted by Gasteiger charge is 2.21. The first-order valence-electron chi connectivity index (χ1n) is 8.73. The van der Waals surface area contributed by atoms with Crippen LogP contribution in [0.5, 0.6) is 0 Å². The summed E-state index contributed by atoms with van der Waals surface area (Å²) in [6.45, 7) is 2.70. The molecule has 0 atom stereocenters. The van der Waals surface area contributed by atoms with E-state index in [-0.39, 0.29) is 5.78 Å². The lowest BCUT2D eigenvalue weighted by molar-refractivity contribution is 0.101. The van der Waals surface area contributed by atoms with E-state index >= 15 is 0 Å². The Labute approximate surface area is 166 Å². The van der Waals surface area contributed by atoms with Crippen LogP contribution in [-0.4, -0.2) is 5.78 Å². The summed E-state index contributed by atoms with van der Waals surface area (Å²) in [5.74, 6) is 0.207. The molecule has 4 heteroatoms. The predicted molar refractivity (Wildman–Crippen MR) is 112 cm³/mol. The molecule has 0 saturated heterocycles. The first-order valence-corrected chi connectivity index (χ1v) is 9.53. The lowest BCUT2D eigenvalue weighted by atomic mass is 10.1. The van der Waals surface area contributed by atoms with Crippen LogP contribution in [-0.2, 0) is 6.54 Å². The minimum absolute atomic E-state index is 0.133. The number of para-hydroxylation sites is 1. The third-order valence-corrected chi connectivity index (χ3v) is 5.15. The fourth-order valence-corrected chi connectivity index (χ4v) is 3.37. The van der Waals surface area contributed by atoms with E-state index in [1.54, 1.807) is 12.1 Å². The molecule has 0 radical (unpaired) electrons. The Morgan fingerprint density at radius 3 is 2.44 bits per heavy atom. The van der Waals surface area contributed by atoms with E-state index in [1.165, 1.54) is 11.1 Å². The Balaban J connectivity index is 1.74. The number of halogens is 1. The van der Waals surface area contributed by atoms with Gasteiger partial charge in [0.15, 0.2) is 5.76 Å².